The van der Waals surface area contributed by atoms with Gasteiger partial charge in [0.25, 0.3) is 0 Å². The molecule has 0 radical (unpaired) electrons. The van der Waals surface area contributed by atoms with Gasteiger partial charge in [-0.2, -0.15) is 8.78 Å². The van der Waals surface area contributed by atoms with Crippen molar-refractivity contribution in [2.75, 3.05) is 7.11 Å². The maximum absolute atomic E-state index is 12.7. The van der Waals surface area contributed by atoms with Crippen LogP contribution in [0.2, 0.25) is 0 Å². The number of methoxy groups -OCH3 is 1. The van der Waals surface area contributed by atoms with E-state index in [-0.39, 0.29) is 11.4 Å². The van der Waals surface area contributed by atoms with Gasteiger partial charge in [-0.05, 0) is 12.1 Å². The van der Waals surface area contributed by atoms with Crippen LogP contribution in [0, 0.1) is 0 Å². The van der Waals surface area contributed by atoms with Gasteiger partial charge in [-0.25, -0.2) is 0 Å². The van der Waals surface area contributed by atoms with Gasteiger partial charge < -0.3 is 4.74 Å². The summed E-state index contributed by atoms with van der Waals surface area (Å²) in [5.74, 6) is 0.0949. The molecule has 1 unspecified atom stereocenters. The van der Waals surface area contributed by atoms with Gasteiger partial charge in [0.05, 0.1) is 7.11 Å². The smallest absolute Gasteiger partial charge is 0.303 e. The summed E-state index contributed by atoms with van der Waals surface area (Å²) >= 11 is 0. The Morgan fingerprint density at radius 1 is 1.58 bits per heavy atom. The average molecular weight is 191 g/mol. The van der Waals surface area contributed by atoms with Crippen molar-refractivity contribution in [1.29, 1.82) is 0 Å². The van der Waals surface area contributed by atoms with E-state index >= 15 is 0 Å². The Morgan fingerprint density at radius 3 is 2.67 bits per heavy atom. The largest absolute Gasteiger partial charge is 0.495 e. The highest BCUT2D eigenvalue weighted by Gasteiger charge is 2.29. The average Bonchev–Trinajstić information content (AvgIpc) is 2.03. The molecule has 0 amide bonds. The van der Waals surface area contributed by atoms with E-state index < -0.39 is 5.66 Å². The third kappa shape index (κ3) is 1.89. The van der Waals surface area contributed by atoms with Crippen LogP contribution in [0.1, 0.15) is 5.69 Å². The highest BCUT2D eigenvalue weighted by atomic mass is 31.0. The standard InChI is InChI=1S/C7H8F2NOP/c1-11-5-3-2-4-10-6(5)7(8,9)12/h2-4H,12H2,1H3. The molecule has 66 valence electrons. The first-order valence-corrected chi connectivity index (χ1v) is 3.79. The number of nitrogens with zero attached hydrogens (tertiary/aromatic N) is 1. The predicted molar refractivity (Wildman–Crippen MR) is 44.4 cm³/mol. The van der Waals surface area contributed by atoms with Crippen molar-refractivity contribution in [3.05, 3.63) is 24.0 Å². The first kappa shape index (κ1) is 9.33. The summed E-state index contributed by atoms with van der Waals surface area (Å²) in [5.41, 5.74) is -3.40. The van der Waals surface area contributed by atoms with Crippen LogP contribution >= 0.6 is 9.24 Å². The molecule has 0 aliphatic carbocycles. The molecule has 0 bridgehead atoms. The summed E-state index contributed by atoms with van der Waals surface area (Å²) in [7, 11) is 2.75. The summed E-state index contributed by atoms with van der Waals surface area (Å²) < 4.78 is 30.2. The Hall–Kier alpha value is -0.760. The molecule has 1 atom stereocenters. The SMILES string of the molecule is COc1cccnc1C(F)(F)P. The second kappa shape index (κ2) is 3.31. The highest BCUT2D eigenvalue weighted by Crippen LogP contribution is 2.38. The molecule has 1 rings (SSSR count). The van der Waals surface area contributed by atoms with Crippen molar-refractivity contribution in [3.63, 3.8) is 0 Å². The van der Waals surface area contributed by atoms with E-state index in [1.54, 1.807) is 6.07 Å². The number of ether oxygens (including phenoxy) is 1. The van der Waals surface area contributed by atoms with Crippen LogP contribution in [0.25, 0.3) is 0 Å². The van der Waals surface area contributed by atoms with Gasteiger partial charge in [-0.15, -0.1) is 0 Å². The van der Waals surface area contributed by atoms with Gasteiger partial charge in [0, 0.05) is 6.20 Å². The van der Waals surface area contributed by atoms with Gasteiger partial charge in [0.2, 0.25) is 0 Å². The highest BCUT2D eigenvalue weighted by molar-refractivity contribution is 7.17. The number of aromatic nitrogens is 1. The lowest BCUT2D eigenvalue weighted by Gasteiger charge is -2.12. The fraction of sp³-hybridized carbons (Fsp3) is 0.286. The second-order valence-corrected chi connectivity index (χ2v) is 2.90. The normalized spacial score (nSPS) is 11.3. The van der Waals surface area contributed by atoms with Crippen LogP contribution in [-0.2, 0) is 5.66 Å². The third-order valence-electron chi connectivity index (χ3n) is 1.31. The monoisotopic (exact) mass is 191 g/mol. The molecule has 0 saturated heterocycles. The van der Waals surface area contributed by atoms with Gasteiger partial charge in [-0.1, -0.05) is 9.24 Å². The Bertz CT molecular complexity index is 274. The van der Waals surface area contributed by atoms with E-state index in [4.69, 9.17) is 4.74 Å². The van der Waals surface area contributed by atoms with Crippen molar-refractivity contribution >= 4 is 9.24 Å². The van der Waals surface area contributed by atoms with Crippen LogP contribution in [-0.4, -0.2) is 12.1 Å². The zero-order valence-corrected chi connectivity index (χ0v) is 7.58. The Labute approximate surface area is 71.2 Å². The van der Waals surface area contributed by atoms with Gasteiger partial charge in [0.1, 0.15) is 5.75 Å². The van der Waals surface area contributed by atoms with Gasteiger partial charge >= 0.3 is 5.66 Å². The van der Waals surface area contributed by atoms with E-state index in [1.807, 2.05) is 0 Å². The lowest BCUT2D eigenvalue weighted by Crippen LogP contribution is -2.07. The number of rotatable bonds is 2. The van der Waals surface area contributed by atoms with E-state index in [2.05, 4.69) is 4.98 Å². The number of hydrogen-bond donors (Lipinski definition) is 0. The van der Waals surface area contributed by atoms with E-state index in [9.17, 15) is 8.78 Å². The van der Waals surface area contributed by atoms with Crippen molar-refractivity contribution in [3.8, 4) is 5.75 Å². The van der Waals surface area contributed by atoms with E-state index in [1.165, 1.54) is 28.6 Å². The fourth-order valence-electron chi connectivity index (χ4n) is 0.806. The van der Waals surface area contributed by atoms with Crippen molar-refractivity contribution < 1.29 is 13.5 Å². The van der Waals surface area contributed by atoms with Crippen molar-refractivity contribution in [2.45, 2.75) is 5.66 Å². The molecule has 0 aromatic carbocycles. The molecule has 0 spiro atoms. The van der Waals surface area contributed by atoms with Crippen LogP contribution < -0.4 is 4.74 Å². The minimum Gasteiger partial charge on any atom is -0.495 e. The van der Waals surface area contributed by atoms with Crippen LogP contribution in [0.5, 0.6) is 5.75 Å². The predicted octanol–water partition coefficient (Wildman–Crippen LogP) is 2.01. The van der Waals surface area contributed by atoms with E-state index in [0.29, 0.717) is 0 Å². The molecule has 5 heteroatoms. The lowest BCUT2D eigenvalue weighted by atomic mass is 10.3. The molecule has 0 aliphatic heterocycles. The molecular weight excluding hydrogens is 183 g/mol. The molecule has 0 fully saturated rings. The number of halogens is 2. The fourth-order valence-corrected chi connectivity index (χ4v) is 1.02. The molecule has 2 nitrogen and oxygen atoms in total. The summed E-state index contributed by atoms with van der Waals surface area (Å²) in [5, 5.41) is 0. The van der Waals surface area contributed by atoms with Crippen molar-refractivity contribution in [2.24, 2.45) is 0 Å². The van der Waals surface area contributed by atoms with E-state index in [0.717, 1.165) is 0 Å². The molecule has 1 aromatic heterocycles. The molecule has 1 aromatic rings. The summed E-state index contributed by atoms with van der Waals surface area (Å²) in [6.07, 6.45) is 1.30. The topological polar surface area (TPSA) is 22.1 Å². The maximum Gasteiger partial charge on any atom is 0.303 e. The maximum atomic E-state index is 12.7. The molecule has 0 aliphatic rings. The van der Waals surface area contributed by atoms with Crippen LogP contribution in [0.4, 0.5) is 8.78 Å². The Kier molecular flexibility index (Phi) is 2.58. The molecule has 12 heavy (non-hydrogen) atoms. The zero-order chi connectivity index (χ0) is 9.19. The summed E-state index contributed by atoms with van der Waals surface area (Å²) in [6, 6.07) is 2.99. The molecule has 0 saturated carbocycles. The second-order valence-electron chi connectivity index (χ2n) is 2.18. The molecule has 1 heterocycles. The van der Waals surface area contributed by atoms with Crippen LogP contribution in [0.15, 0.2) is 18.3 Å². The summed E-state index contributed by atoms with van der Waals surface area (Å²) in [6.45, 7) is 0. The first-order valence-electron chi connectivity index (χ1n) is 3.22. The summed E-state index contributed by atoms with van der Waals surface area (Å²) in [4.78, 5) is 3.52. The van der Waals surface area contributed by atoms with Crippen LogP contribution in [0.3, 0.4) is 0 Å². The quantitative estimate of drug-likeness (QED) is 0.667. The minimum absolute atomic E-state index is 0.0949. The lowest BCUT2D eigenvalue weighted by molar-refractivity contribution is 0.0949. The zero-order valence-electron chi connectivity index (χ0n) is 6.42. The first-order chi connectivity index (χ1) is 5.55. The molecule has 0 N–H and O–H groups in total. The Morgan fingerprint density at radius 2 is 2.25 bits per heavy atom. The number of alkyl halides is 2. The minimum atomic E-state index is -3.04. The number of hydrogen-bond acceptors (Lipinski definition) is 2. The van der Waals surface area contributed by atoms with Crippen molar-refractivity contribution in [1.82, 2.24) is 4.98 Å². The third-order valence-corrected chi connectivity index (χ3v) is 1.58. The molecular formula is C7H8F2NOP. The van der Waals surface area contributed by atoms with Gasteiger partial charge in [0.15, 0.2) is 5.69 Å². The number of pyridine rings is 1. The van der Waals surface area contributed by atoms with Gasteiger partial charge in [-0.3, -0.25) is 4.98 Å². The Balaban J connectivity index is 3.14.